The first kappa shape index (κ1) is 43.6. The summed E-state index contributed by atoms with van der Waals surface area (Å²) in [5.41, 5.74) is 23.9. The predicted octanol–water partition coefficient (Wildman–Crippen LogP) is 18.7. The van der Waals surface area contributed by atoms with E-state index in [1.807, 2.05) is 0 Å². The maximum atomic E-state index is 6.73. The molecular formula is C71H51NO2Si. The highest BCUT2D eigenvalue weighted by atomic mass is 28.3. The summed E-state index contributed by atoms with van der Waals surface area (Å²) in [4.78, 5) is 2.47. The molecule has 0 spiro atoms. The molecule has 11 aromatic carbocycles. The number of hydrogen-bond donors (Lipinski definition) is 0. The molecule has 0 saturated heterocycles. The third kappa shape index (κ3) is 6.46. The van der Waals surface area contributed by atoms with Crippen molar-refractivity contribution < 1.29 is 8.83 Å². The van der Waals surface area contributed by atoms with E-state index < -0.39 is 8.07 Å². The molecule has 4 heteroatoms. The number of fused-ring (bicyclic) bond motifs is 12. The summed E-state index contributed by atoms with van der Waals surface area (Å²) in [6, 6.07) is 87.0. The van der Waals surface area contributed by atoms with Gasteiger partial charge >= 0.3 is 0 Å². The Labute approximate surface area is 437 Å². The van der Waals surface area contributed by atoms with E-state index in [1.54, 1.807) is 0 Å². The van der Waals surface area contributed by atoms with Crippen LogP contribution in [0.1, 0.15) is 25.0 Å². The molecular weight excluding hydrogens is 927 g/mol. The number of para-hydroxylation sites is 2. The Morgan fingerprint density at radius 2 is 0.840 bits per heavy atom. The zero-order chi connectivity index (χ0) is 50.2. The number of hydrogen-bond acceptors (Lipinski definition) is 3. The molecule has 0 atom stereocenters. The van der Waals surface area contributed by atoms with Gasteiger partial charge in [0.1, 0.15) is 30.4 Å². The topological polar surface area (TPSA) is 29.5 Å². The average Bonchev–Trinajstić information content (AvgIpc) is 4.16. The third-order valence-electron chi connectivity index (χ3n) is 16.7. The Hall–Kier alpha value is -8.96. The molecule has 0 amide bonds. The SMILES string of the molecule is CC1(C)c2ccccc2-c2ccc(-c3c(-c4ccc5oc6ccccc6c5c4-c4ccc(N(c5ccc(-c6ccccc6)cc5)c5cccc6c5-c5ccccc5[Si]6(C)C)cc4)ccc4oc5ccccc5c34)cc21. The van der Waals surface area contributed by atoms with Gasteiger partial charge in [0.2, 0.25) is 0 Å². The van der Waals surface area contributed by atoms with Gasteiger partial charge in [0, 0.05) is 55.0 Å². The second-order valence-electron chi connectivity index (χ2n) is 21.5. The first-order valence-electron chi connectivity index (χ1n) is 26.2. The second-order valence-corrected chi connectivity index (χ2v) is 25.8. The van der Waals surface area contributed by atoms with E-state index in [4.69, 9.17) is 8.83 Å². The van der Waals surface area contributed by atoms with Crippen LogP contribution in [0.5, 0.6) is 0 Å². The molecule has 1 aliphatic carbocycles. The molecule has 0 N–H and O–H groups in total. The molecule has 15 rings (SSSR count). The smallest absolute Gasteiger partial charge is 0.136 e. The summed E-state index contributed by atoms with van der Waals surface area (Å²) >= 11 is 0. The van der Waals surface area contributed by atoms with Gasteiger partial charge in [0.25, 0.3) is 0 Å². The van der Waals surface area contributed by atoms with Crippen LogP contribution < -0.4 is 15.3 Å². The molecule has 0 bridgehead atoms. The normalized spacial score (nSPS) is 13.8. The molecule has 0 radical (unpaired) electrons. The predicted molar refractivity (Wildman–Crippen MR) is 317 cm³/mol. The van der Waals surface area contributed by atoms with Gasteiger partial charge in [-0.3, -0.25) is 0 Å². The number of nitrogens with zero attached hydrogens (tertiary/aromatic N) is 1. The fourth-order valence-corrected chi connectivity index (χ4v) is 16.2. The van der Waals surface area contributed by atoms with Crippen LogP contribution in [0.3, 0.4) is 0 Å². The number of anilines is 3. The Kier molecular flexibility index (Phi) is 9.46. The molecule has 2 aliphatic rings. The van der Waals surface area contributed by atoms with Crippen molar-refractivity contribution in [3.05, 3.63) is 248 Å². The van der Waals surface area contributed by atoms with Gasteiger partial charge in [-0.15, -0.1) is 0 Å². The average molecular weight is 978 g/mol. The summed E-state index contributed by atoms with van der Waals surface area (Å²) in [5.74, 6) is 0. The summed E-state index contributed by atoms with van der Waals surface area (Å²) in [6.45, 7) is 9.72. The second kappa shape index (κ2) is 16.3. The van der Waals surface area contributed by atoms with E-state index in [9.17, 15) is 0 Å². The standard InChI is InChI=1S/C71H51NO2Si/c1-71(2)57-23-12-8-19-50(57)51-38-33-47(43-58(51)71)67-53(40-42-63-70(67)55-21-10-14-26-61(55)74-63)52-39-41-62-69(54-20-9-13-25-60(54)73-62)66(52)46-31-36-49(37-32-46)72(48-34-29-45(30-35-48)44-17-6-5-7-18-44)59-24-16-28-65-68(59)56-22-11-15-27-64(56)75(65,3)4/h5-43H,1-4H3. The molecule has 0 saturated carbocycles. The monoisotopic (exact) mass is 977 g/mol. The lowest BCUT2D eigenvalue weighted by molar-refractivity contribution is 0.660. The maximum Gasteiger partial charge on any atom is 0.136 e. The Morgan fingerprint density at radius 3 is 1.51 bits per heavy atom. The molecule has 3 heterocycles. The summed E-state index contributed by atoms with van der Waals surface area (Å²) in [5, 5.41) is 7.37. The van der Waals surface area contributed by atoms with E-state index in [0.717, 1.165) is 88.6 Å². The number of rotatable bonds is 7. The van der Waals surface area contributed by atoms with Crippen LogP contribution in [0.25, 0.3) is 111 Å². The quantitative estimate of drug-likeness (QED) is 0.149. The lowest BCUT2D eigenvalue weighted by Gasteiger charge is -2.29. The van der Waals surface area contributed by atoms with Crippen molar-refractivity contribution in [2.45, 2.75) is 32.4 Å². The molecule has 1 aliphatic heterocycles. The minimum Gasteiger partial charge on any atom is -0.456 e. The number of benzene rings is 11. The van der Waals surface area contributed by atoms with Gasteiger partial charge in [0.15, 0.2) is 0 Å². The highest BCUT2D eigenvalue weighted by Gasteiger charge is 2.40. The first-order chi connectivity index (χ1) is 36.7. The van der Waals surface area contributed by atoms with Gasteiger partial charge in [-0.05, 0) is 144 Å². The zero-order valence-corrected chi connectivity index (χ0v) is 43.3. The van der Waals surface area contributed by atoms with Gasteiger partial charge in [-0.1, -0.05) is 191 Å². The van der Waals surface area contributed by atoms with Crippen molar-refractivity contribution in [3.8, 4) is 66.8 Å². The fourth-order valence-electron chi connectivity index (χ4n) is 13.1. The van der Waals surface area contributed by atoms with Crippen molar-refractivity contribution >= 4 is 79.4 Å². The van der Waals surface area contributed by atoms with E-state index >= 15 is 0 Å². The van der Waals surface area contributed by atoms with Crippen molar-refractivity contribution in [2.24, 2.45) is 0 Å². The molecule has 0 fully saturated rings. The minimum atomic E-state index is -1.97. The van der Waals surface area contributed by atoms with Crippen LogP contribution in [0, 0.1) is 0 Å². The Balaban J connectivity index is 0.959. The summed E-state index contributed by atoms with van der Waals surface area (Å²) in [7, 11) is -1.97. The largest absolute Gasteiger partial charge is 0.456 e. The molecule has 13 aromatic rings. The fraction of sp³-hybridized carbons (Fsp3) is 0.0704. The number of furan rings is 2. The van der Waals surface area contributed by atoms with Crippen molar-refractivity contribution in [1.82, 2.24) is 0 Å². The highest BCUT2D eigenvalue weighted by molar-refractivity contribution is 7.04. The van der Waals surface area contributed by atoms with E-state index in [0.29, 0.717) is 0 Å². The van der Waals surface area contributed by atoms with Crippen LogP contribution in [0.2, 0.25) is 13.1 Å². The van der Waals surface area contributed by atoms with Crippen LogP contribution in [-0.4, -0.2) is 8.07 Å². The first-order valence-corrected chi connectivity index (χ1v) is 29.2. The maximum absolute atomic E-state index is 6.73. The Morgan fingerprint density at radius 1 is 0.347 bits per heavy atom. The van der Waals surface area contributed by atoms with Gasteiger partial charge in [-0.2, -0.15) is 0 Å². The van der Waals surface area contributed by atoms with E-state index in [2.05, 4.69) is 268 Å². The van der Waals surface area contributed by atoms with Crippen molar-refractivity contribution in [3.63, 3.8) is 0 Å². The van der Waals surface area contributed by atoms with E-state index in [1.165, 1.54) is 60.6 Å². The van der Waals surface area contributed by atoms with Crippen molar-refractivity contribution in [1.29, 1.82) is 0 Å². The molecule has 3 nitrogen and oxygen atoms in total. The van der Waals surface area contributed by atoms with Gasteiger partial charge in [-0.25, -0.2) is 0 Å². The van der Waals surface area contributed by atoms with Crippen LogP contribution in [0.4, 0.5) is 17.1 Å². The van der Waals surface area contributed by atoms with Gasteiger partial charge in [0.05, 0.1) is 5.69 Å². The molecule has 0 unspecified atom stereocenters. The minimum absolute atomic E-state index is 0.171. The molecule has 75 heavy (non-hydrogen) atoms. The zero-order valence-electron chi connectivity index (χ0n) is 42.3. The third-order valence-corrected chi connectivity index (χ3v) is 20.3. The van der Waals surface area contributed by atoms with Crippen LogP contribution in [0.15, 0.2) is 245 Å². The van der Waals surface area contributed by atoms with E-state index in [-0.39, 0.29) is 5.41 Å². The summed E-state index contributed by atoms with van der Waals surface area (Å²) < 4.78 is 13.4. The molecule has 2 aromatic heterocycles. The van der Waals surface area contributed by atoms with Crippen LogP contribution >= 0.6 is 0 Å². The Bertz CT molecular complexity index is 4460. The van der Waals surface area contributed by atoms with Crippen LogP contribution in [-0.2, 0) is 5.41 Å². The lowest BCUT2D eigenvalue weighted by Crippen LogP contribution is -2.49. The van der Waals surface area contributed by atoms with Crippen molar-refractivity contribution in [2.75, 3.05) is 4.90 Å². The lowest BCUT2D eigenvalue weighted by atomic mass is 9.80. The highest BCUT2D eigenvalue weighted by Crippen LogP contribution is 2.53. The summed E-state index contributed by atoms with van der Waals surface area (Å²) in [6.07, 6.45) is 0. The molecule has 356 valence electrons. The van der Waals surface area contributed by atoms with Gasteiger partial charge < -0.3 is 13.7 Å².